The number of anilines is 1. The standard InChI is InChI=1S/C18H19ClN2O2S/c1-11-7-8-12(2)16(9-11)23-10-17(22)21-18(24)20-15-6-4-5-14(19)13(15)3/h4-9H,10H2,1-3H3,(H2,20,21,22,24). The Labute approximate surface area is 152 Å². The van der Waals surface area contributed by atoms with Crippen LogP contribution in [-0.2, 0) is 4.79 Å². The lowest BCUT2D eigenvalue weighted by Gasteiger charge is -2.13. The molecular weight excluding hydrogens is 344 g/mol. The molecular formula is C18H19ClN2O2S. The molecule has 2 N–H and O–H groups in total. The van der Waals surface area contributed by atoms with E-state index in [1.807, 2.05) is 51.1 Å². The first-order valence-electron chi connectivity index (χ1n) is 7.43. The molecule has 0 unspecified atom stereocenters. The molecule has 0 heterocycles. The molecule has 1 amide bonds. The fourth-order valence-corrected chi connectivity index (χ4v) is 2.46. The molecule has 0 fully saturated rings. The van der Waals surface area contributed by atoms with Gasteiger partial charge in [0.25, 0.3) is 5.91 Å². The summed E-state index contributed by atoms with van der Waals surface area (Å²) in [5.41, 5.74) is 3.67. The van der Waals surface area contributed by atoms with Crippen LogP contribution in [0.3, 0.4) is 0 Å². The number of amides is 1. The molecule has 0 bridgehead atoms. The average molecular weight is 363 g/mol. The number of carbonyl (C=O) groups is 1. The van der Waals surface area contributed by atoms with Crippen molar-refractivity contribution in [3.8, 4) is 5.75 Å². The summed E-state index contributed by atoms with van der Waals surface area (Å²) < 4.78 is 5.55. The molecule has 0 atom stereocenters. The molecule has 2 rings (SSSR count). The van der Waals surface area contributed by atoms with Crippen molar-refractivity contribution in [3.63, 3.8) is 0 Å². The van der Waals surface area contributed by atoms with Crippen molar-refractivity contribution >= 4 is 40.5 Å². The maximum absolute atomic E-state index is 12.0. The Hall–Kier alpha value is -2.11. The normalized spacial score (nSPS) is 10.2. The van der Waals surface area contributed by atoms with Gasteiger partial charge in [0.2, 0.25) is 0 Å². The van der Waals surface area contributed by atoms with E-state index in [2.05, 4.69) is 10.6 Å². The molecule has 4 nitrogen and oxygen atoms in total. The quantitative estimate of drug-likeness (QED) is 0.802. The van der Waals surface area contributed by atoms with Crippen molar-refractivity contribution in [3.05, 3.63) is 58.1 Å². The van der Waals surface area contributed by atoms with Gasteiger partial charge in [0.05, 0.1) is 0 Å². The molecule has 0 aliphatic heterocycles. The number of halogens is 1. The van der Waals surface area contributed by atoms with Crippen molar-refractivity contribution in [2.75, 3.05) is 11.9 Å². The fourth-order valence-electron chi connectivity index (χ4n) is 2.07. The minimum Gasteiger partial charge on any atom is -0.483 e. The number of nitrogens with one attached hydrogen (secondary N) is 2. The molecule has 24 heavy (non-hydrogen) atoms. The summed E-state index contributed by atoms with van der Waals surface area (Å²) in [6, 6.07) is 11.3. The van der Waals surface area contributed by atoms with Gasteiger partial charge in [0, 0.05) is 10.7 Å². The van der Waals surface area contributed by atoms with Crippen molar-refractivity contribution < 1.29 is 9.53 Å². The van der Waals surface area contributed by atoms with Crippen LogP contribution in [0.15, 0.2) is 36.4 Å². The van der Waals surface area contributed by atoms with E-state index < -0.39 is 0 Å². The van der Waals surface area contributed by atoms with Crippen LogP contribution in [0.1, 0.15) is 16.7 Å². The van der Waals surface area contributed by atoms with E-state index in [4.69, 9.17) is 28.6 Å². The highest BCUT2D eigenvalue weighted by molar-refractivity contribution is 7.80. The fraction of sp³-hybridized carbons (Fsp3) is 0.222. The first-order valence-corrected chi connectivity index (χ1v) is 8.21. The highest BCUT2D eigenvalue weighted by atomic mass is 35.5. The van der Waals surface area contributed by atoms with E-state index in [1.54, 1.807) is 6.07 Å². The average Bonchev–Trinajstić information content (AvgIpc) is 2.52. The van der Waals surface area contributed by atoms with Crippen LogP contribution in [0.5, 0.6) is 5.75 Å². The van der Waals surface area contributed by atoms with Crippen LogP contribution in [-0.4, -0.2) is 17.6 Å². The summed E-state index contributed by atoms with van der Waals surface area (Å²) in [5, 5.41) is 6.39. The summed E-state index contributed by atoms with van der Waals surface area (Å²) in [4.78, 5) is 12.0. The van der Waals surface area contributed by atoms with Crippen molar-refractivity contribution in [2.24, 2.45) is 0 Å². The van der Waals surface area contributed by atoms with Crippen LogP contribution in [0.4, 0.5) is 5.69 Å². The van der Waals surface area contributed by atoms with Gasteiger partial charge < -0.3 is 10.1 Å². The third-order valence-corrected chi connectivity index (χ3v) is 4.08. The Balaban J connectivity index is 1.89. The van der Waals surface area contributed by atoms with Gasteiger partial charge in [-0.25, -0.2) is 0 Å². The van der Waals surface area contributed by atoms with Crippen molar-refractivity contribution in [2.45, 2.75) is 20.8 Å². The Morgan fingerprint density at radius 1 is 1.21 bits per heavy atom. The lowest BCUT2D eigenvalue weighted by Crippen LogP contribution is -2.37. The molecule has 2 aromatic carbocycles. The first kappa shape index (κ1) is 18.2. The molecule has 0 aromatic heterocycles. The Bertz CT molecular complexity index is 778. The van der Waals surface area contributed by atoms with E-state index in [-0.39, 0.29) is 17.6 Å². The number of hydrogen-bond donors (Lipinski definition) is 2. The van der Waals surface area contributed by atoms with Crippen molar-refractivity contribution in [1.82, 2.24) is 5.32 Å². The largest absolute Gasteiger partial charge is 0.483 e. The maximum atomic E-state index is 12.0. The van der Waals surface area contributed by atoms with Crippen LogP contribution >= 0.6 is 23.8 Å². The first-order chi connectivity index (χ1) is 11.4. The molecule has 0 saturated heterocycles. The maximum Gasteiger partial charge on any atom is 0.264 e. The van der Waals surface area contributed by atoms with Gasteiger partial charge in [-0.2, -0.15) is 0 Å². The zero-order chi connectivity index (χ0) is 17.7. The monoisotopic (exact) mass is 362 g/mol. The second-order valence-corrected chi connectivity index (χ2v) is 6.29. The zero-order valence-electron chi connectivity index (χ0n) is 13.8. The van der Waals surface area contributed by atoms with Gasteiger partial charge >= 0.3 is 0 Å². The van der Waals surface area contributed by atoms with Crippen LogP contribution in [0, 0.1) is 20.8 Å². The van der Waals surface area contributed by atoms with Crippen LogP contribution in [0.2, 0.25) is 5.02 Å². The molecule has 126 valence electrons. The lowest BCUT2D eigenvalue weighted by molar-refractivity contribution is -0.121. The highest BCUT2D eigenvalue weighted by Crippen LogP contribution is 2.22. The second kappa shape index (κ2) is 8.13. The van der Waals surface area contributed by atoms with Gasteiger partial charge in [0.15, 0.2) is 11.7 Å². The molecule has 0 aliphatic carbocycles. The summed E-state index contributed by atoms with van der Waals surface area (Å²) in [5.74, 6) is 0.364. The number of rotatable bonds is 4. The summed E-state index contributed by atoms with van der Waals surface area (Å²) in [7, 11) is 0. The van der Waals surface area contributed by atoms with Crippen LogP contribution < -0.4 is 15.4 Å². The Kier molecular flexibility index (Phi) is 6.17. The molecule has 2 aromatic rings. The number of thiocarbonyl (C=S) groups is 1. The van der Waals surface area contributed by atoms with E-state index in [1.165, 1.54) is 0 Å². The number of hydrogen-bond acceptors (Lipinski definition) is 3. The Morgan fingerprint density at radius 3 is 2.71 bits per heavy atom. The SMILES string of the molecule is Cc1ccc(C)c(OCC(=O)NC(=S)Nc2cccc(Cl)c2C)c1. The van der Waals surface area contributed by atoms with Gasteiger partial charge in [-0.1, -0.05) is 29.8 Å². The topological polar surface area (TPSA) is 50.4 Å². The second-order valence-electron chi connectivity index (χ2n) is 5.47. The molecule has 0 aliphatic rings. The number of ether oxygens (including phenoxy) is 1. The van der Waals surface area contributed by atoms with E-state index in [0.717, 1.165) is 22.4 Å². The molecule has 0 radical (unpaired) electrons. The molecule has 6 heteroatoms. The molecule has 0 spiro atoms. The number of carbonyl (C=O) groups excluding carboxylic acids is 1. The minimum absolute atomic E-state index is 0.110. The van der Waals surface area contributed by atoms with Gasteiger partial charge in [-0.3, -0.25) is 10.1 Å². The summed E-state index contributed by atoms with van der Waals surface area (Å²) >= 11 is 11.2. The zero-order valence-corrected chi connectivity index (χ0v) is 15.3. The van der Waals surface area contributed by atoms with Crippen LogP contribution in [0.25, 0.3) is 0 Å². The Morgan fingerprint density at radius 2 is 1.96 bits per heavy atom. The summed E-state index contributed by atoms with van der Waals surface area (Å²) in [6.45, 7) is 5.67. The third-order valence-electron chi connectivity index (χ3n) is 3.47. The van der Waals surface area contributed by atoms with E-state index in [9.17, 15) is 4.79 Å². The van der Waals surface area contributed by atoms with Gasteiger partial charge in [0.1, 0.15) is 5.75 Å². The van der Waals surface area contributed by atoms with Crippen molar-refractivity contribution in [1.29, 1.82) is 0 Å². The highest BCUT2D eigenvalue weighted by Gasteiger charge is 2.09. The smallest absolute Gasteiger partial charge is 0.264 e. The number of benzene rings is 2. The summed E-state index contributed by atoms with van der Waals surface area (Å²) in [6.07, 6.45) is 0. The number of aryl methyl sites for hydroxylation is 2. The third kappa shape index (κ3) is 4.94. The molecule has 0 saturated carbocycles. The minimum atomic E-state index is -0.326. The van der Waals surface area contributed by atoms with Gasteiger partial charge in [-0.05, 0) is 67.9 Å². The lowest BCUT2D eigenvalue weighted by atomic mass is 10.1. The predicted octanol–water partition coefficient (Wildman–Crippen LogP) is 4.16. The van der Waals surface area contributed by atoms with Gasteiger partial charge in [-0.15, -0.1) is 0 Å². The predicted molar refractivity (Wildman–Crippen MR) is 102 cm³/mol. The van der Waals surface area contributed by atoms with E-state index >= 15 is 0 Å². The van der Waals surface area contributed by atoms with E-state index in [0.29, 0.717) is 10.8 Å².